The van der Waals surface area contributed by atoms with Gasteiger partial charge in [-0.1, -0.05) is 12.1 Å². The van der Waals surface area contributed by atoms with Crippen LogP contribution in [0.3, 0.4) is 0 Å². The fourth-order valence-electron chi connectivity index (χ4n) is 1.28. The molecule has 0 aliphatic rings. The summed E-state index contributed by atoms with van der Waals surface area (Å²) in [5.41, 5.74) is 1.33. The zero-order valence-corrected chi connectivity index (χ0v) is 8.12. The van der Waals surface area contributed by atoms with Crippen LogP contribution in [-0.2, 0) is 6.42 Å². The molecule has 72 valence electrons. The van der Waals surface area contributed by atoms with Crippen molar-refractivity contribution in [3.8, 4) is 5.75 Å². The molecule has 0 heterocycles. The average molecular weight is 179 g/mol. The van der Waals surface area contributed by atoms with Crippen LogP contribution in [0.4, 0.5) is 0 Å². The van der Waals surface area contributed by atoms with E-state index in [2.05, 4.69) is 19.2 Å². The lowest BCUT2D eigenvalue weighted by Gasteiger charge is -2.04. The Morgan fingerprint density at radius 2 is 2.31 bits per heavy atom. The number of hydrogen-bond donors (Lipinski definition) is 1. The molecular formula is C11H17NO. The van der Waals surface area contributed by atoms with E-state index in [1.54, 1.807) is 7.11 Å². The largest absolute Gasteiger partial charge is 0.497 e. The van der Waals surface area contributed by atoms with Crippen molar-refractivity contribution in [3.05, 3.63) is 36.9 Å². The molecule has 0 radical (unpaired) electrons. The number of rotatable bonds is 5. The van der Waals surface area contributed by atoms with Crippen molar-refractivity contribution in [3.63, 3.8) is 0 Å². The van der Waals surface area contributed by atoms with Crippen LogP contribution in [0, 0.1) is 7.05 Å². The summed E-state index contributed by atoms with van der Waals surface area (Å²) in [6.45, 7) is 1.08. The summed E-state index contributed by atoms with van der Waals surface area (Å²) in [4.78, 5) is 0. The van der Waals surface area contributed by atoms with Gasteiger partial charge in [0.1, 0.15) is 5.75 Å². The Morgan fingerprint density at radius 3 is 3.00 bits per heavy atom. The molecule has 0 spiro atoms. The van der Waals surface area contributed by atoms with Crippen molar-refractivity contribution in [2.45, 2.75) is 12.8 Å². The monoisotopic (exact) mass is 179 g/mol. The molecule has 2 N–H and O–H groups in total. The third kappa shape index (κ3) is 3.47. The van der Waals surface area contributed by atoms with Crippen molar-refractivity contribution in [2.75, 3.05) is 13.7 Å². The third-order valence-corrected chi connectivity index (χ3v) is 2.01. The molecule has 1 rings (SSSR count). The second kappa shape index (κ2) is 5.60. The molecule has 0 atom stereocenters. The minimum absolute atomic E-state index is 0.941. The highest BCUT2D eigenvalue weighted by molar-refractivity contribution is 5.28. The van der Waals surface area contributed by atoms with Crippen LogP contribution in [0.5, 0.6) is 5.75 Å². The van der Waals surface area contributed by atoms with Gasteiger partial charge >= 0.3 is 0 Å². The first kappa shape index (κ1) is 10.1. The third-order valence-electron chi connectivity index (χ3n) is 2.01. The van der Waals surface area contributed by atoms with E-state index in [1.807, 2.05) is 17.4 Å². The first-order valence-corrected chi connectivity index (χ1v) is 4.60. The predicted octanol–water partition coefficient (Wildman–Crippen LogP) is 0.983. The summed E-state index contributed by atoms with van der Waals surface area (Å²) in [7, 11) is 5.40. The van der Waals surface area contributed by atoms with Crippen molar-refractivity contribution in [2.24, 2.45) is 0 Å². The van der Waals surface area contributed by atoms with Crippen molar-refractivity contribution < 1.29 is 10.1 Å². The summed E-state index contributed by atoms with van der Waals surface area (Å²) in [6.07, 6.45) is 2.26. The van der Waals surface area contributed by atoms with E-state index in [1.165, 1.54) is 5.56 Å². The minimum atomic E-state index is 0.941. The molecule has 0 bridgehead atoms. The van der Waals surface area contributed by atoms with E-state index in [9.17, 15) is 0 Å². The average Bonchev–Trinajstić information content (AvgIpc) is 2.19. The minimum Gasteiger partial charge on any atom is -0.497 e. The maximum Gasteiger partial charge on any atom is 0.119 e. The molecule has 0 saturated heterocycles. The summed E-state index contributed by atoms with van der Waals surface area (Å²) in [5.74, 6) is 0.941. The molecule has 13 heavy (non-hydrogen) atoms. The van der Waals surface area contributed by atoms with E-state index in [0.29, 0.717) is 0 Å². The number of quaternary nitrogens is 1. The van der Waals surface area contributed by atoms with Gasteiger partial charge in [0, 0.05) is 0 Å². The van der Waals surface area contributed by atoms with Gasteiger partial charge in [-0.05, 0) is 30.5 Å². The quantitative estimate of drug-likeness (QED) is 0.529. The van der Waals surface area contributed by atoms with Gasteiger partial charge in [0.05, 0.1) is 13.7 Å². The molecule has 0 aromatic heterocycles. The maximum atomic E-state index is 5.14. The summed E-state index contributed by atoms with van der Waals surface area (Å²) in [5, 5.41) is 1.96. The van der Waals surface area contributed by atoms with E-state index in [0.717, 1.165) is 25.1 Å². The lowest BCUT2D eigenvalue weighted by molar-refractivity contribution is -0.595. The molecule has 2 nitrogen and oxygen atoms in total. The summed E-state index contributed by atoms with van der Waals surface area (Å²) in [6, 6.07) is 8.22. The summed E-state index contributed by atoms with van der Waals surface area (Å²) >= 11 is 0. The molecule has 0 aliphatic heterocycles. The molecule has 2 heteroatoms. The number of ether oxygens (including phenoxy) is 1. The van der Waals surface area contributed by atoms with Gasteiger partial charge < -0.3 is 10.1 Å². The number of hydrogen-bond acceptors (Lipinski definition) is 1. The topological polar surface area (TPSA) is 25.8 Å². The van der Waals surface area contributed by atoms with Gasteiger partial charge in [-0.3, -0.25) is 0 Å². The second-order valence-electron chi connectivity index (χ2n) is 3.03. The lowest BCUT2D eigenvalue weighted by Crippen LogP contribution is -2.76. The molecule has 0 saturated carbocycles. The molecule has 1 aromatic carbocycles. The highest BCUT2D eigenvalue weighted by atomic mass is 16.5. The zero-order valence-electron chi connectivity index (χ0n) is 8.12. The molecule has 0 amide bonds. The Balaban J connectivity index is 2.46. The fourth-order valence-corrected chi connectivity index (χ4v) is 1.28. The second-order valence-corrected chi connectivity index (χ2v) is 3.03. The van der Waals surface area contributed by atoms with Crippen LogP contribution in [0.1, 0.15) is 12.0 Å². The van der Waals surface area contributed by atoms with Gasteiger partial charge in [0.15, 0.2) is 0 Å². The fraction of sp³-hybridized carbons (Fsp3) is 0.364. The van der Waals surface area contributed by atoms with Gasteiger partial charge in [-0.25, -0.2) is 0 Å². The number of aryl methyl sites for hydroxylation is 1. The van der Waals surface area contributed by atoms with Gasteiger partial charge in [0.2, 0.25) is 0 Å². The molecule has 0 unspecified atom stereocenters. The van der Waals surface area contributed by atoms with Crippen molar-refractivity contribution in [1.82, 2.24) is 0 Å². The number of benzene rings is 1. The van der Waals surface area contributed by atoms with E-state index in [4.69, 9.17) is 4.74 Å². The SMILES string of the molecule is [CH2-][NH2+]CCCc1cccc(OC)c1. The summed E-state index contributed by atoms with van der Waals surface area (Å²) < 4.78 is 5.14. The molecule has 0 aliphatic carbocycles. The van der Waals surface area contributed by atoms with Gasteiger partial charge in [-0.15, -0.1) is 0 Å². The highest BCUT2D eigenvalue weighted by Gasteiger charge is 1.95. The van der Waals surface area contributed by atoms with Crippen molar-refractivity contribution in [1.29, 1.82) is 0 Å². The Bertz CT molecular complexity index is 248. The molecule has 1 aromatic rings. The van der Waals surface area contributed by atoms with Gasteiger partial charge in [-0.2, -0.15) is 7.05 Å². The lowest BCUT2D eigenvalue weighted by atomic mass is 10.1. The Kier molecular flexibility index (Phi) is 4.33. The predicted molar refractivity (Wildman–Crippen MR) is 53.5 cm³/mol. The van der Waals surface area contributed by atoms with Gasteiger partial charge in [0.25, 0.3) is 0 Å². The van der Waals surface area contributed by atoms with E-state index < -0.39 is 0 Å². The first-order valence-electron chi connectivity index (χ1n) is 4.60. The van der Waals surface area contributed by atoms with Crippen molar-refractivity contribution >= 4 is 0 Å². The number of methoxy groups -OCH3 is 1. The number of nitrogens with two attached hydrogens (primary N) is 1. The van der Waals surface area contributed by atoms with Crippen LogP contribution >= 0.6 is 0 Å². The molecular weight excluding hydrogens is 162 g/mol. The van der Waals surface area contributed by atoms with E-state index in [-0.39, 0.29) is 0 Å². The maximum absolute atomic E-state index is 5.14. The smallest absolute Gasteiger partial charge is 0.119 e. The van der Waals surface area contributed by atoms with Crippen LogP contribution in [0.2, 0.25) is 0 Å². The first-order chi connectivity index (χ1) is 6.36. The van der Waals surface area contributed by atoms with E-state index >= 15 is 0 Å². The Morgan fingerprint density at radius 1 is 1.46 bits per heavy atom. The standard InChI is InChI=1S/C11H17NO/c1-12-8-4-6-10-5-3-7-11(9-10)13-2/h3,5,7,9H,1,4,6,8,12H2,2H3. The van der Waals surface area contributed by atoms with Crippen LogP contribution in [0.25, 0.3) is 0 Å². The molecule has 0 fully saturated rings. The Labute approximate surface area is 79.9 Å². The highest BCUT2D eigenvalue weighted by Crippen LogP contribution is 2.13. The van der Waals surface area contributed by atoms with Crippen LogP contribution in [0.15, 0.2) is 24.3 Å². The Hall–Kier alpha value is -1.02. The van der Waals surface area contributed by atoms with Crippen LogP contribution < -0.4 is 10.1 Å². The zero-order chi connectivity index (χ0) is 9.52. The normalized spacial score (nSPS) is 10.0. The van der Waals surface area contributed by atoms with Crippen LogP contribution in [-0.4, -0.2) is 13.7 Å².